The van der Waals surface area contributed by atoms with Crippen molar-refractivity contribution in [2.24, 2.45) is 0 Å². The highest BCUT2D eigenvalue weighted by Gasteiger charge is 2.54. The Balaban J connectivity index is 3.45. The molecule has 1 aliphatic heterocycles. The molecular formula is C22H30O13. The van der Waals surface area contributed by atoms with Gasteiger partial charge in [0.15, 0.2) is 12.2 Å². The van der Waals surface area contributed by atoms with Crippen molar-refractivity contribution in [2.45, 2.75) is 84.1 Å². The number of carbonyl (C=O) groups excluding carboxylic acids is 5. The average molecular weight is 502 g/mol. The van der Waals surface area contributed by atoms with Crippen LogP contribution >= 0.6 is 0 Å². The molecule has 13 heteroatoms. The maximum atomic E-state index is 12.2. The van der Waals surface area contributed by atoms with Gasteiger partial charge in [-0.05, 0) is 0 Å². The molecule has 196 valence electrons. The highest BCUT2D eigenvalue weighted by Crippen LogP contribution is 2.30. The van der Waals surface area contributed by atoms with Gasteiger partial charge >= 0.3 is 35.8 Å². The molecule has 1 fully saturated rings. The number of hydrogen-bond acceptors (Lipinski definition) is 12. The van der Waals surface area contributed by atoms with Gasteiger partial charge < -0.3 is 33.5 Å². The Morgan fingerprint density at radius 3 is 1.66 bits per heavy atom. The Hall–Kier alpha value is -3.48. The van der Waals surface area contributed by atoms with Crippen LogP contribution in [0, 0.1) is 0 Å². The summed E-state index contributed by atoms with van der Waals surface area (Å²) in [7, 11) is 0. The molecule has 0 radical (unpaired) electrons. The van der Waals surface area contributed by atoms with E-state index in [0.717, 1.165) is 0 Å². The third-order valence-corrected chi connectivity index (χ3v) is 4.55. The lowest BCUT2D eigenvalue weighted by Crippen LogP contribution is -2.63. The van der Waals surface area contributed by atoms with E-state index in [1.165, 1.54) is 20.8 Å². The van der Waals surface area contributed by atoms with E-state index in [1.54, 1.807) is 6.92 Å². The summed E-state index contributed by atoms with van der Waals surface area (Å²) in [6.45, 7) is 5.55. The third kappa shape index (κ3) is 9.73. The van der Waals surface area contributed by atoms with Gasteiger partial charge in [0.05, 0.1) is 0 Å². The lowest BCUT2D eigenvalue weighted by Gasteiger charge is -2.43. The maximum absolute atomic E-state index is 12.2. The molecule has 0 aromatic carbocycles. The number of esters is 5. The zero-order valence-corrected chi connectivity index (χ0v) is 19.9. The zero-order valence-electron chi connectivity index (χ0n) is 19.9. The minimum atomic E-state index is -1.73. The van der Waals surface area contributed by atoms with Gasteiger partial charge in [-0.2, -0.15) is 0 Å². The maximum Gasteiger partial charge on any atom is 0.333 e. The van der Waals surface area contributed by atoms with E-state index in [0.29, 0.717) is 12.2 Å². The summed E-state index contributed by atoms with van der Waals surface area (Å²) in [5.74, 6) is -5.48. The first kappa shape index (κ1) is 29.6. The summed E-state index contributed by atoms with van der Waals surface area (Å²) >= 11 is 0. The molecule has 1 N–H and O–H groups in total. The van der Waals surface area contributed by atoms with Crippen LogP contribution in [0.4, 0.5) is 0 Å². The standard InChI is InChI=1S/C22H30O13/c1-5-14(25)30-11-12-19(32-15(26)6-2)20(33-16(27)7-3)21(34-17(28)8-4)22(31-12)35-18(29)10-9-13(23)24/h9-10,12,19-22H,5-8,11H2,1-4H3,(H,23,24)/b10-9+/t12-,19-,20+,21-,22-/m1/s1. The number of carboxylic acid groups (broad SMARTS) is 1. The zero-order chi connectivity index (χ0) is 26.5. The summed E-state index contributed by atoms with van der Waals surface area (Å²) in [4.78, 5) is 71.0. The van der Waals surface area contributed by atoms with Crippen molar-refractivity contribution in [1.82, 2.24) is 0 Å². The molecule has 0 spiro atoms. The second-order valence-corrected chi connectivity index (χ2v) is 7.11. The van der Waals surface area contributed by atoms with Gasteiger partial charge in [0.1, 0.15) is 12.7 Å². The van der Waals surface area contributed by atoms with Crippen LogP contribution in [0.25, 0.3) is 0 Å². The minimum Gasteiger partial charge on any atom is -0.478 e. The number of carboxylic acids is 1. The summed E-state index contributed by atoms with van der Waals surface area (Å²) in [5.41, 5.74) is 0. The summed E-state index contributed by atoms with van der Waals surface area (Å²) in [5, 5.41) is 8.72. The lowest BCUT2D eigenvalue weighted by molar-refractivity contribution is -0.300. The highest BCUT2D eigenvalue weighted by atomic mass is 16.7. The second kappa shape index (κ2) is 14.7. The van der Waals surface area contributed by atoms with Crippen molar-refractivity contribution in [3.63, 3.8) is 0 Å². The molecule has 0 aromatic rings. The van der Waals surface area contributed by atoms with E-state index in [2.05, 4.69) is 0 Å². The molecule has 1 aliphatic rings. The van der Waals surface area contributed by atoms with Gasteiger partial charge in [-0.25, -0.2) is 9.59 Å². The van der Waals surface area contributed by atoms with E-state index >= 15 is 0 Å². The van der Waals surface area contributed by atoms with Crippen molar-refractivity contribution in [3.05, 3.63) is 12.2 Å². The Bertz CT molecular complexity index is 818. The monoisotopic (exact) mass is 502 g/mol. The Kier molecular flexibility index (Phi) is 12.4. The molecule has 1 saturated heterocycles. The van der Waals surface area contributed by atoms with Crippen LogP contribution in [-0.4, -0.2) is 78.2 Å². The topological polar surface area (TPSA) is 178 Å². The van der Waals surface area contributed by atoms with Gasteiger partial charge in [-0.3, -0.25) is 19.2 Å². The Morgan fingerprint density at radius 2 is 1.17 bits per heavy atom. The first-order chi connectivity index (χ1) is 16.6. The normalized spacial score (nSPS) is 23.7. The Morgan fingerprint density at radius 1 is 0.686 bits per heavy atom. The van der Waals surface area contributed by atoms with E-state index in [9.17, 15) is 28.8 Å². The number of aliphatic carboxylic acids is 1. The number of rotatable bonds is 12. The van der Waals surface area contributed by atoms with Crippen LogP contribution < -0.4 is 0 Å². The fourth-order valence-corrected chi connectivity index (χ4v) is 2.78. The largest absolute Gasteiger partial charge is 0.478 e. The Labute approximate surface area is 201 Å². The quantitative estimate of drug-likeness (QED) is 0.225. The van der Waals surface area contributed by atoms with E-state index < -0.39 is 73.1 Å². The van der Waals surface area contributed by atoms with Crippen molar-refractivity contribution in [1.29, 1.82) is 0 Å². The number of carbonyl (C=O) groups is 6. The molecule has 0 bridgehead atoms. The van der Waals surface area contributed by atoms with Crippen molar-refractivity contribution >= 4 is 35.8 Å². The molecule has 0 saturated carbocycles. The van der Waals surface area contributed by atoms with E-state index in [4.69, 9.17) is 33.5 Å². The second-order valence-electron chi connectivity index (χ2n) is 7.11. The van der Waals surface area contributed by atoms with Gasteiger partial charge in [-0.1, -0.05) is 27.7 Å². The molecule has 0 amide bonds. The summed E-state index contributed by atoms with van der Waals surface area (Å²) < 4.78 is 32.0. The van der Waals surface area contributed by atoms with Crippen LogP contribution in [0.15, 0.2) is 12.2 Å². The van der Waals surface area contributed by atoms with E-state index in [1.807, 2.05) is 0 Å². The van der Waals surface area contributed by atoms with E-state index in [-0.39, 0.29) is 25.7 Å². The van der Waals surface area contributed by atoms with Crippen LogP contribution in [-0.2, 0) is 57.2 Å². The van der Waals surface area contributed by atoms with Gasteiger partial charge in [0, 0.05) is 37.8 Å². The predicted octanol–water partition coefficient (Wildman–Crippen LogP) is 0.814. The van der Waals surface area contributed by atoms with Gasteiger partial charge in [0.25, 0.3) is 0 Å². The predicted molar refractivity (Wildman–Crippen MR) is 113 cm³/mol. The first-order valence-corrected chi connectivity index (χ1v) is 11.1. The van der Waals surface area contributed by atoms with Crippen LogP contribution in [0.5, 0.6) is 0 Å². The molecular weight excluding hydrogens is 472 g/mol. The molecule has 1 heterocycles. The molecule has 35 heavy (non-hydrogen) atoms. The van der Waals surface area contributed by atoms with Crippen molar-refractivity contribution < 1.29 is 62.3 Å². The lowest BCUT2D eigenvalue weighted by atomic mass is 9.98. The fraction of sp³-hybridized carbons (Fsp3) is 0.636. The third-order valence-electron chi connectivity index (χ3n) is 4.55. The van der Waals surface area contributed by atoms with Crippen LogP contribution in [0.2, 0.25) is 0 Å². The average Bonchev–Trinajstić information content (AvgIpc) is 2.83. The smallest absolute Gasteiger partial charge is 0.333 e. The highest BCUT2D eigenvalue weighted by molar-refractivity contribution is 5.90. The molecule has 5 atom stereocenters. The van der Waals surface area contributed by atoms with Gasteiger partial charge in [-0.15, -0.1) is 0 Å². The van der Waals surface area contributed by atoms with Crippen LogP contribution in [0.3, 0.4) is 0 Å². The molecule has 1 rings (SSSR count). The first-order valence-electron chi connectivity index (χ1n) is 11.1. The number of ether oxygens (including phenoxy) is 6. The SMILES string of the molecule is CCC(=O)OC[C@H]1O[C@H](OC(=O)/C=C/C(=O)O)[C@H](OC(=O)CC)[C@@H](OC(=O)CC)[C@@H]1OC(=O)CC. The molecule has 0 aromatic heterocycles. The molecule has 0 unspecified atom stereocenters. The molecule has 0 aliphatic carbocycles. The fourth-order valence-electron chi connectivity index (χ4n) is 2.78. The van der Waals surface area contributed by atoms with Crippen LogP contribution in [0.1, 0.15) is 53.4 Å². The van der Waals surface area contributed by atoms with Gasteiger partial charge in [0.2, 0.25) is 12.4 Å². The minimum absolute atomic E-state index is 0.0233. The summed E-state index contributed by atoms with van der Waals surface area (Å²) in [6, 6.07) is 0. The summed E-state index contributed by atoms with van der Waals surface area (Å²) in [6.07, 6.45) is -6.67. The number of hydrogen-bond donors (Lipinski definition) is 1. The van der Waals surface area contributed by atoms with Crippen molar-refractivity contribution in [3.8, 4) is 0 Å². The molecule has 13 nitrogen and oxygen atoms in total. The van der Waals surface area contributed by atoms with Crippen molar-refractivity contribution in [2.75, 3.05) is 6.61 Å².